The maximum absolute atomic E-state index is 5.77. The number of hydrogen-bond acceptors (Lipinski definition) is 4. The quantitative estimate of drug-likeness (QED) is 0.474. The average Bonchev–Trinajstić information content (AvgIpc) is 2.95. The van der Waals surface area contributed by atoms with Crippen molar-refractivity contribution >= 4 is 17.6 Å². The number of pyridine rings is 1. The van der Waals surface area contributed by atoms with Crippen LogP contribution in [0.15, 0.2) is 23.3 Å². The van der Waals surface area contributed by atoms with Gasteiger partial charge in [0.1, 0.15) is 6.61 Å². The van der Waals surface area contributed by atoms with E-state index < -0.39 is 0 Å². The molecule has 1 atom stereocenters. The van der Waals surface area contributed by atoms with Gasteiger partial charge in [-0.05, 0) is 25.8 Å². The predicted octanol–water partition coefficient (Wildman–Crippen LogP) is 1.85. The summed E-state index contributed by atoms with van der Waals surface area (Å²) in [6, 6.07) is 3.49. The molecule has 0 amide bonds. The van der Waals surface area contributed by atoms with Crippen molar-refractivity contribution in [1.82, 2.24) is 15.6 Å². The fourth-order valence-corrected chi connectivity index (χ4v) is 2.35. The number of ether oxygens (including phenoxy) is 2. The first-order valence-electron chi connectivity index (χ1n) is 7.44. The highest BCUT2D eigenvalue weighted by molar-refractivity contribution is 6.30. The SMILES string of the molecule is CN=C(NCCOc1ccc(Cl)cn1)NCC1(C)CCCO1. The Labute approximate surface area is 136 Å². The van der Waals surface area contributed by atoms with Crippen LogP contribution in [0.2, 0.25) is 5.02 Å². The van der Waals surface area contributed by atoms with Crippen molar-refractivity contribution in [2.45, 2.75) is 25.4 Å². The molecular weight excluding hydrogens is 304 g/mol. The van der Waals surface area contributed by atoms with Crippen LogP contribution in [-0.4, -0.2) is 49.9 Å². The van der Waals surface area contributed by atoms with Crippen LogP contribution < -0.4 is 15.4 Å². The lowest BCUT2D eigenvalue weighted by Crippen LogP contribution is -2.46. The van der Waals surface area contributed by atoms with Gasteiger partial charge < -0.3 is 20.1 Å². The topological polar surface area (TPSA) is 67.8 Å². The van der Waals surface area contributed by atoms with Gasteiger partial charge in [-0.15, -0.1) is 0 Å². The molecule has 2 rings (SSSR count). The summed E-state index contributed by atoms with van der Waals surface area (Å²) in [5.41, 5.74) is -0.0959. The fraction of sp³-hybridized carbons (Fsp3) is 0.600. The minimum Gasteiger partial charge on any atom is -0.476 e. The van der Waals surface area contributed by atoms with Gasteiger partial charge in [-0.25, -0.2) is 4.98 Å². The van der Waals surface area contributed by atoms with Crippen molar-refractivity contribution in [2.24, 2.45) is 4.99 Å². The van der Waals surface area contributed by atoms with Gasteiger partial charge in [-0.2, -0.15) is 0 Å². The Kier molecular flexibility index (Phi) is 6.27. The molecule has 1 saturated heterocycles. The van der Waals surface area contributed by atoms with Crippen molar-refractivity contribution < 1.29 is 9.47 Å². The number of rotatable bonds is 6. The van der Waals surface area contributed by atoms with E-state index in [9.17, 15) is 0 Å². The second kappa shape index (κ2) is 8.19. The van der Waals surface area contributed by atoms with E-state index in [1.54, 1.807) is 25.4 Å². The van der Waals surface area contributed by atoms with Gasteiger partial charge in [0.05, 0.1) is 17.2 Å². The lowest BCUT2D eigenvalue weighted by molar-refractivity contribution is 0.0243. The van der Waals surface area contributed by atoms with Crippen LogP contribution >= 0.6 is 11.6 Å². The number of guanidine groups is 1. The van der Waals surface area contributed by atoms with Gasteiger partial charge in [0.15, 0.2) is 5.96 Å². The van der Waals surface area contributed by atoms with Gasteiger partial charge in [0.2, 0.25) is 5.88 Å². The Morgan fingerprint density at radius 1 is 1.50 bits per heavy atom. The Bertz CT molecular complexity index is 487. The molecule has 0 radical (unpaired) electrons. The van der Waals surface area contributed by atoms with E-state index >= 15 is 0 Å². The Hall–Kier alpha value is -1.53. The standard InChI is InChI=1S/C15H23ClN4O2/c1-15(6-3-8-22-15)11-20-14(17-2)18-7-9-21-13-5-4-12(16)10-19-13/h4-5,10H,3,6-9,11H2,1-2H3,(H2,17,18,20). The zero-order chi connectivity index (χ0) is 15.8. The molecule has 1 unspecified atom stereocenters. The van der Waals surface area contributed by atoms with Gasteiger partial charge in [-0.3, -0.25) is 4.99 Å². The molecule has 2 heterocycles. The summed E-state index contributed by atoms with van der Waals surface area (Å²) in [5.74, 6) is 1.30. The van der Waals surface area contributed by atoms with Crippen molar-refractivity contribution in [1.29, 1.82) is 0 Å². The molecule has 1 aliphatic rings. The monoisotopic (exact) mass is 326 g/mol. The van der Waals surface area contributed by atoms with E-state index in [2.05, 4.69) is 27.5 Å². The molecule has 1 fully saturated rings. The van der Waals surface area contributed by atoms with Crippen molar-refractivity contribution in [3.8, 4) is 5.88 Å². The van der Waals surface area contributed by atoms with E-state index in [0.29, 0.717) is 24.1 Å². The van der Waals surface area contributed by atoms with Crippen molar-refractivity contribution in [2.75, 3.05) is 33.4 Å². The summed E-state index contributed by atoms with van der Waals surface area (Å²) in [6.45, 7) is 4.82. The molecule has 6 nitrogen and oxygen atoms in total. The highest BCUT2D eigenvalue weighted by Crippen LogP contribution is 2.23. The van der Waals surface area contributed by atoms with Crippen molar-refractivity contribution in [3.05, 3.63) is 23.4 Å². The summed E-state index contributed by atoms with van der Waals surface area (Å²) >= 11 is 5.77. The molecule has 1 aromatic heterocycles. The Morgan fingerprint density at radius 2 is 2.36 bits per heavy atom. The van der Waals surface area contributed by atoms with Crippen LogP contribution in [0.5, 0.6) is 5.88 Å². The lowest BCUT2D eigenvalue weighted by atomic mass is 10.0. The van der Waals surface area contributed by atoms with E-state index in [-0.39, 0.29) is 5.60 Å². The van der Waals surface area contributed by atoms with E-state index in [0.717, 1.165) is 32.0 Å². The van der Waals surface area contributed by atoms with Crippen molar-refractivity contribution in [3.63, 3.8) is 0 Å². The maximum atomic E-state index is 5.77. The minimum atomic E-state index is -0.0959. The maximum Gasteiger partial charge on any atom is 0.213 e. The van der Waals surface area contributed by atoms with Gasteiger partial charge >= 0.3 is 0 Å². The third kappa shape index (κ3) is 5.35. The first-order valence-corrected chi connectivity index (χ1v) is 7.82. The second-order valence-electron chi connectivity index (χ2n) is 5.42. The Balaban J connectivity index is 1.65. The molecule has 0 bridgehead atoms. The number of aliphatic imine (C=N–C) groups is 1. The molecule has 0 saturated carbocycles. The predicted molar refractivity (Wildman–Crippen MR) is 87.7 cm³/mol. The van der Waals surface area contributed by atoms with Crippen LogP contribution in [0, 0.1) is 0 Å². The van der Waals surface area contributed by atoms with Crippen LogP contribution in [0.3, 0.4) is 0 Å². The number of nitrogens with one attached hydrogen (secondary N) is 2. The molecule has 2 N–H and O–H groups in total. The molecular formula is C15H23ClN4O2. The van der Waals surface area contributed by atoms with Crippen LogP contribution in [0.1, 0.15) is 19.8 Å². The zero-order valence-corrected chi connectivity index (χ0v) is 13.8. The average molecular weight is 327 g/mol. The summed E-state index contributed by atoms with van der Waals surface area (Å²) < 4.78 is 11.3. The molecule has 1 aliphatic heterocycles. The van der Waals surface area contributed by atoms with E-state index in [4.69, 9.17) is 21.1 Å². The molecule has 0 aliphatic carbocycles. The molecule has 122 valence electrons. The summed E-state index contributed by atoms with van der Waals surface area (Å²) in [4.78, 5) is 8.25. The molecule has 7 heteroatoms. The molecule has 0 spiro atoms. The number of nitrogens with zero attached hydrogens (tertiary/aromatic N) is 2. The second-order valence-corrected chi connectivity index (χ2v) is 5.85. The number of hydrogen-bond donors (Lipinski definition) is 2. The summed E-state index contributed by atoms with van der Waals surface area (Å²) in [7, 11) is 1.74. The minimum absolute atomic E-state index is 0.0959. The molecule has 22 heavy (non-hydrogen) atoms. The first kappa shape index (κ1) is 16.8. The number of aromatic nitrogens is 1. The highest BCUT2D eigenvalue weighted by atomic mass is 35.5. The third-order valence-electron chi connectivity index (χ3n) is 3.50. The van der Waals surface area contributed by atoms with Crippen LogP contribution in [0.4, 0.5) is 0 Å². The Morgan fingerprint density at radius 3 is 3.00 bits per heavy atom. The lowest BCUT2D eigenvalue weighted by Gasteiger charge is -2.24. The first-order chi connectivity index (χ1) is 10.6. The van der Waals surface area contributed by atoms with Gasteiger partial charge in [-0.1, -0.05) is 11.6 Å². The van der Waals surface area contributed by atoms with Gasteiger partial charge in [0, 0.05) is 32.5 Å². The number of halogens is 1. The zero-order valence-electron chi connectivity index (χ0n) is 13.1. The molecule has 1 aromatic rings. The molecule has 0 aromatic carbocycles. The summed E-state index contributed by atoms with van der Waals surface area (Å²) in [6.07, 6.45) is 3.75. The highest BCUT2D eigenvalue weighted by Gasteiger charge is 2.29. The van der Waals surface area contributed by atoms with Gasteiger partial charge in [0.25, 0.3) is 0 Å². The third-order valence-corrected chi connectivity index (χ3v) is 3.72. The van der Waals surface area contributed by atoms with Crippen LogP contribution in [-0.2, 0) is 4.74 Å². The largest absolute Gasteiger partial charge is 0.476 e. The fourth-order valence-electron chi connectivity index (χ4n) is 2.24. The van der Waals surface area contributed by atoms with E-state index in [1.807, 2.05) is 0 Å². The smallest absolute Gasteiger partial charge is 0.213 e. The normalized spacial score (nSPS) is 21.7. The van der Waals surface area contributed by atoms with Crippen LogP contribution in [0.25, 0.3) is 0 Å². The van der Waals surface area contributed by atoms with E-state index in [1.165, 1.54) is 0 Å². The summed E-state index contributed by atoms with van der Waals surface area (Å²) in [5, 5.41) is 7.08.